The van der Waals surface area contributed by atoms with Crippen molar-refractivity contribution in [3.8, 4) is 5.75 Å². The first kappa shape index (κ1) is 28.7. The number of carbonyl (C=O) groups excluding carboxylic acids is 6. The highest BCUT2D eigenvalue weighted by molar-refractivity contribution is 6.32. The summed E-state index contributed by atoms with van der Waals surface area (Å²) in [7, 11) is 6.63. The normalized spacial score (nSPS) is 29.9. The van der Waals surface area contributed by atoms with Gasteiger partial charge in [0.2, 0.25) is 11.8 Å². The van der Waals surface area contributed by atoms with Crippen LogP contribution in [0.25, 0.3) is 0 Å². The summed E-state index contributed by atoms with van der Waals surface area (Å²) in [6, 6.07) is 1.84. The van der Waals surface area contributed by atoms with Crippen LogP contribution in [0.2, 0.25) is 0 Å². The van der Waals surface area contributed by atoms with Gasteiger partial charge in [-0.3, -0.25) is 33.7 Å². The molecule has 0 saturated heterocycles. The molecule has 4 N–H and O–H groups in total. The molecule has 12 nitrogen and oxygen atoms in total. The molecule has 210 valence electrons. The molecule has 0 spiro atoms. The molecule has 13 heteroatoms. The van der Waals surface area contributed by atoms with Crippen molar-refractivity contribution >= 4 is 52.2 Å². The fraction of sp³-hybridized carbons (Fsp3) is 0.538. The lowest BCUT2D eigenvalue weighted by Crippen LogP contribution is -2.74. The maximum Gasteiger partial charge on any atom is 0.239 e. The molecule has 39 heavy (non-hydrogen) atoms. The number of fused-ring (bicyclic) bond motifs is 3. The topological polar surface area (TPSA) is 173 Å². The summed E-state index contributed by atoms with van der Waals surface area (Å²) in [5.74, 6) is -11.6. The largest absolute Gasteiger partial charge is 0.507 e. The van der Waals surface area contributed by atoms with E-state index in [9.17, 15) is 39.0 Å². The van der Waals surface area contributed by atoms with Gasteiger partial charge in [0.1, 0.15) is 11.6 Å². The lowest BCUT2D eigenvalue weighted by Gasteiger charge is -2.52. The van der Waals surface area contributed by atoms with Crippen LogP contribution in [0.15, 0.2) is 12.1 Å². The number of phenols is 1. The quantitative estimate of drug-likeness (QED) is 0.189. The number of benzene rings is 1. The van der Waals surface area contributed by atoms with Crippen molar-refractivity contribution < 1.29 is 39.0 Å². The minimum atomic E-state index is -2.78. The second-order valence-electron chi connectivity index (χ2n) is 10.7. The number of halogens is 1. The predicted octanol–water partition coefficient (Wildman–Crippen LogP) is -1.12. The average molecular weight is 563 g/mol. The zero-order valence-corrected chi connectivity index (χ0v) is 22.7. The number of hydrogen-bond acceptors (Lipinski definition) is 10. The molecule has 0 bridgehead atoms. The molecule has 1 aromatic rings. The van der Waals surface area contributed by atoms with E-state index in [-0.39, 0.29) is 30.0 Å². The lowest BCUT2D eigenvalue weighted by atomic mass is 9.52. The number of aromatic hydroxyl groups is 1. The van der Waals surface area contributed by atoms with Crippen LogP contribution < -0.4 is 15.5 Å². The van der Waals surface area contributed by atoms with Gasteiger partial charge in [0.05, 0.1) is 24.2 Å². The Labute approximate surface area is 229 Å². The SMILES string of the molecule is CN(C)c1ccc(O)c2c1C[C@H]1C[C@H]3[C@H](N(C)C)C(=O)C(C(=O)NCNC(=O)CCl)C(=O)[C@@]3(O)C(=O)C1C2=O. The molecule has 0 radical (unpaired) electrons. The number of nitrogens with one attached hydrogen (secondary N) is 2. The summed E-state index contributed by atoms with van der Waals surface area (Å²) >= 11 is 5.41. The van der Waals surface area contributed by atoms with Crippen molar-refractivity contribution in [1.29, 1.82) is 0 Å². The van der Waals surface area contributed by atoms with Crippen LogP contribution in [0.3, 0.4) is 0 Å². The van der Waals surface area contributed by atoms with Crippen molar-refractivity contribution in [3.63, 3.8) is 0 Å². The van der Waals surface area contributed by atoms with E-state index in [2.05, 4.69) is 10.6 Å². The fourth-order valence-electron chi connectivity index (χ4n) is 6.37. The molecule has 2 saturated carbocycles. The summed E-state index contributed by atoms with van der Waals surface area (Å²) in [5, 5.41) is 26.8. The second-order valence-corrected chi connectivity index (χ2v) is 11.0. The predicted molar refractivity (Wildman–Crippen MR) is 138 cm³/mol. The van der Waals surface area contributed by atoms with Crippen molar-refractivity contribution in [2.75, 3.05) is 45.6 Å². The Morgan fingerprint density at radius 1 is 1.08 bits per heavy atom. The zero-order chi connectivity index (χ0) is 29.0. The van der Waals surface area contributed by atoms with Crippen LogP contribution in [0, 0.1) is 23.7 Å². The number of phenolic OH excluding ortho intramolecular Hbond substituents is 1. The fourth-order valence-corrected chi connectivity index (χ4v) is 6.46. The highest BCUT2D eigenvalue weighted by atomic mass is 35.5. The summed E-state index contributed by atoms with van der Waals surface area (Å²) in [5.41, 5.74) is -1.59. The Kier molecular flexibility index (Phi) is 7.58. The Hall–Kier alpha value is -3.35. The van der Waals surface area contributed by atoms with E-state index >= 15 is 0 Å². The molecular weight excluding hydrogens is 532 g/mol. The summed E-state index contributed by atoms with van der Waals surface area (Å²) < 4.78 is 0. The van der Waals surface area contributed by atoms with Gasteiger partial charge in [0, 0.05) is 25.7 Å². The Morgan fingerprint density at radius 2 is 1.74 bits per heavy atom. The van der Waals surface area contributed by atoms with Crippen molar-refractivity contribution in [2.24, 2.45) is 23.7 Å². The summed E-state index contributed by atoms with van der Waals surface area (Å²) in [4.78, 5) is 82.4. The van der Waals surface area contributed by atoms with Gasteiger partial charge in [-0.2, -0.15) is 0 Å². The summed E-state index contributed by atoms with van der Waals surface area (Å²) in [6.45, 7) is -0.433. The maximum absolute atomic E-state index is 13.9. The van der Waals surface area contributed by atoms with E-state index in [0.29, 0.717) is 11.3 Å². The van der Waals surface area contributed by atoms with Crippen LogP contribution in [0.5, 0.6) is 5.75 Å². The molecule has 2 fully saturated rings. The molecule has 6 atom stereocenters. The number of amides is 2. The number of anilines is 1. The van der Waals surface area contributed by atoms with E-state index < -0.39 is 76.9 Å². The van der Waals surface area contributed by atoms with Gasteiger partial charge in [-0.15, -0.1) is 11.6 Å². The molecule has 4 rings (SSSR count). The number of nitrogens with zero attached hydrogens (tertiary/aromatic N) is 2. The zero-order valence-electron chi connectivity index (χ0n) is 22.0. The highest BCUT2D eigenvalue weighted by Crippen LogP contribution is 2.51. The van der Waals surface area contributed by atoms with Crippen LogP contribution in [0.1, 0.15) is 22.3 Å². The first-order valence-corrected chi connectivity index (χ1v) is 13.0. The number of aliphatic hydroxyl groups is 1. The Bertz CT molecular complexity index is 1280. The molecule has 3 aliphatic carbocycles. The third-order valence-electron chi connectivity index (χ3n) is 8.05. The Balaban J connectivity index is 1.75. The molecule has 1 aromatic carbocycles. The van der Waals surface area contributed by atoms with E-state index in [1.54, 1.807) is 25.1 Å². The highest BCUT2D eigenvalue weighted by Gasteiger charge is 2.69. The van der Waals surface area contributed by atoms with Crippen LogP contribution >= 0.6 is 11.6 Å². The van der Waals surface area contributed by atoms with Gasteiger partial charge in [0.25, 0.3) is 0 Å². The van der Waals surface area contributed by atoms with E-state index in [1.807, 2.05) is 0 Å². The number of rotatable bonds is 6. The number of alkyl halides is 1. The van der Waals surface area contributed by atoms with Gasteiger partial charge < -0.3 is 25.7 Å². The average Bonchev–Trinajstić information content (AvgIpc) is 2.85. The number of carbonyl (C=O) groups is 6. The van der Waals surface area contributed by atoms with E-state index in [4.69, 9.17) is 11.6 Å². The lowest BCUT2D eigenvalue weighted by molar-refractivity contribution is -0.181. The van der Waals surface area contributed by atoms with Crippen LogP contribution in [-0.2, 0) is 30.4 Å². The molecule has 2 amide bonds. The smallest absolute Gasteiger partial charge is 0.239 e. The Morgan fingerprint density at radius 3 is 2.33 bits per heavy atom. The van der Waals surface area contributed by atoms with Crippen molar-refractivity contribution in [2.45, 2.75) is 24.5 Å². The van der Waals surface area contributed by atoms with Crippen LogP contribution in [0.4, 0.5) is 5.69 Å². The monoisotopic (exact) mass is 562 g/mol. The number of hydrogen-bond donors (Lipinski definition) is 4. The standard InChI is InChI=1S/C26H31ClN4O8/c1-30(2)14-5-6-15(32)18-12(14)7-11-8-13-20(31(3)4)22(35)19(25(38)29-10-28-16(33)9-27)24(37)26(13,39)23(36)17(11)21(18)34/h5-6,11,13,17,19-20,32,39H,7-10H2,1-4H3,(H,28,33)(H,29,38)/t11-,13-,17?,19?,20-,26-/m0/s1. The number of ketones is 4. The van der Waals surface area contributed by atoms with Gasteiger partial charge >= 0.3 is 0 Å². The molecule has 0 heterocycles. The van der Waals surface area contributed by atoms with Gasteiger partial charge in [0.15, 0.2) is 34.7 Å². The minimum absolute atomic E-state index is 0.0128. The molecule has 2 unspecified atom stereocenters. The van der Waals surface area contributed by atoms with Gasteiger partial charge in [-0.1, -0.05) is 0 Å². The van der Waals surface area contributed by atoms with E-state index in [0.717, 1.165) is 0 Å². The van der Waals surface area contributed by atoms with Crippen molar-refractivity contribution in [3.05, 3.63) is 23.3 Å². The molecular formula is C26H31ClN4O8. The number of Topliss-reactive ketones (excluding diaryl/α,β-unsaturated/α-hetero) is 4. The first-order valence-electron chi connectivity index (χ1n) is 12.4. The second kappa shape index (κ2) is 10.3. The summed E-state index contributed by atoms with van der Waals surface area (Å²) in [6.07, 6.45) is 0.194. The van der Waals surface area contributed by atoms with Crippen molar-refractivity contribution in [1.82, 2.24) is 15.5 Å². The van der Waals surface area contributed by atoms with Gasteiger partial charge in [-0.25, -0.2) is 0 Å². The first-order chi connectivity index (χ1) is 18.3. The van der Waals surface area contributed by atoms with Crippen LogP contribution in [-0.4, -0.2) is 102 Å². The molecule has 0 aromatic heterocycles. The van der Waals surface area contributed by atoms with E-state index in [1.165, 1.54) is 25.1 Å². The third kappa shape index (κ3) is 4.40. The third-order valence-corrected chi connectivity index (χ3v) is 8.29. The molecule has 0 aliphatic heterocycles. The number of likely N-dealkylation sites (N-methyl/N-ethyl adjacent to an activating group) is 1. The minimum Gasteiger partial charge on any atom is -0.507 e. The maximum atomic E-state index is 13.9. The van der Waals surface area contributed by atoms with Gasteiger partial charge in [-0.05, 0) is 50.6 Å². The molecule has 3 aliphatic rings.